The summed E-state index contributed by atoms with van der Waals surface area (Å²) < 4.78 is 1.90. The fourth-order valence-corrected chi connectivity index (χ4v) is 1.74. The largest absolute Gasteiger partial charge is 0.508 e. The molecule has 1 aromatic heterocycles. The van der Waals surface area contributed by atoms with Gasteiger partial charge in [0.15, 0.2) is 0 Å². The van der Waals surface area contributed by atoms with Gasteiger partial charge in [-0.1, -0.05) is 0 Å². The molecule has 0 bridgehead atoms. The first-order valence-electron chi connectivity index (χ1n) is 5.08. The average Bonchev–Trinajstić information content (AvgIpc) is 2.52. The lowest BCUT2D eigenvalue weighted by molar-refractivity contribution is 0.475. The predicted molar refractivity (Wildman–Crippen MR) is 59.8 cm³/mol. The van der Waals surface area contributed by atoms with Crippen LogP contribution in [0.2, 0.25) is 0 Å². The first kappa shape index (κ1) is 9.98. The smallest absolute Gasteiger partial charge is 0.117 e. The Morgan fingerprint density at radius 3 is 3.00 bits per heavy atom. The maximum absolute atomic E-state index is 9.42. The Morgan fingerprint density at radius 2 is 2.27 bits per heavy atom. The van der Waals surface area contributed by atoms with Gasteiger partial charge >= 0.3 is 0 Å². The molecular weight excluding hydrogens is 190 g/mol. The van der Waals surface area contributed by atoms with Gasteiger partial charge in [-0.15, -0.1) is 0 Å². The molecule has 4 heteroatoms. The molecule has 15 heavy (non-hydrogen) atoms. The van der Waals surface area contributed by atoms with Crippen molar-refractivity contribution >= 4 is 10.9 Å². The van der Waals surface area contributed by atoms with E-state index in [0.717, 1.165) is 29.6 Å². The molecule has 0 radical (unpaired) electrons. The number of benzene rings is 1. The Labute approximate surface area is 88.3 Å². The highest BCUT2D eigenvalue weighted by atomic mass is 16.3. The highest BCUT2D eigenvalue weighted by Gasteiger charge is 2.06. The normalized spacial score (nSPS) is 11.1. The molecule has 0 saturated heterocycles. The van der Waals surface area contributed by atoms with E-state index in [0.29, 0.717) is 6.54 Å². The molecular formula is C11H15N3O. The van der Waals surface area contributed by atoms with E-state index in [1.54, 1.807) is 12.1 Å². The number of aryl methyl sites for hydroxylation is 2. The second-order valence-corrected chi connectivity index (χ2v) is 3.65. The SMILES string of the molecule is Cc1nn(CCCN)c2cc(O)ccc12. The lowest BCUT2D eigenvalue weighted by atomic mass is 10.2. The van der Waals surface area contributed by atoms with Gasteiger partial charge in [-0.3, -0.25) is 4.68 Å². The predicted octanol–water partition coefficient (Wildman–Crippen LogP) is 1.40. The summed E-state index contributed by atoms with van der Waals surface area (Å²) in [7, 11) is 0. The highest BCUT2D eigenvalue weighted by Crippen LogP contribution is 2.22. The van der Waals surface area contributed by atoms with Crippen LogP contribution >= 0.6 is 0 Å². The zero-order valence-corrected chi connectivity index (χ0v) is 8.77. The molecule has 0 aliphatic heterocycles. The number of fused-ring (bicyclic) bond motifs is 1. The van der Waals surface area contributed by atoms with Crippen molar-refractivity contribution in [3.63, 3.8) is 0 Å². The van der Waals surface area contributed by atoms with E-state index in [-0.39, 0.29) is 5.75 Å². The van der Waals surface area contributed by atoms with Crippen LogP contribution in [0.4, 0.5) is 0 Å². The van der Waals surface area contributed by atoms with Crippen molar-refractivity contribution in [3.8, 4) is 5.75 Å². The quantitative estimate of drug-likeness (QED) is 0.796. The van der Waals surface area contributed by atoms with Crippen molar-refractivity contribution in [2.24, 2.45) is 5.73 Å². The molecule has 1 aromatic carbocycles. The summed E-state index contributed by atoms with van der Waals surface area (Å²) >= 11 is 0. The third-order valence-electron chi connectivity index (χ3n) is 2.49. The minimum atomic E-state index is 0.274. The van der Waals surface area contributed by atoms with E-state index in [2.05, 4.69) is 5.10 Å². The molecule has 2 aromatic rings. The van der Waals surface area contributed by atoms with Crippen molar-refractivity contribution < 1.29 is 5.11 Å². The Balaban J connectivity index is 2.49. The van der Waals surface area contributed by atoms with Crippen LogP contribution in [-0.4, -0.2) is 21.4 Å². The molecule has 0 aliphatic rings. The third kappa shape index (κ3) is 1.80. The zero-order chi connectivity index (χ0) is 10.8. The zero-order valence-electron chi connectivity index (χ0n) is 8.77. The van der Waals surface area contributed by atoms with Gasteiger partial charge in [-0.05, 0) is 32.0 Å². The molecule has 0 spiro atoms. The summed E-state index contributed by atoms with van der Waals surface area (Å²) in [5.74, 6) is 0.274. The first-order valence-corrected chi connectivity index (χ1v) is 5.08. The topological polar surface area (TPSA) is 64.1 Å². The number of hydrogen-bond acceptors (Lipinski definition) is 3. The van der Waals surface area contributed by atoms with Gasteiger partial charge in [0.1, 0.15) is 5.75 Å². The van der Waals surface area contributed by atoms with Crippen LogP contribution in [0, 0.1) is 6.92 Å². The fraction of sp³-hybridized carbons (Fsp3) is 0.364. The van der Waals surface area contributed by atoms with Crippen LogP contribution in [0.5, 0.6) is 5.75 Å². The second-order valence-electron chi connectivity index (χ2n) is 3.65. The number of aromatic nitrogens is 2. The standard InChI is InChI=1S/C11H15N3O/c1-8-10-4-3-9(15)7-11(10)14(13-8)6-2-5-12/h3-4,7,15H,2,5-6,12H2,1H3. The Kier molecular flexibility index (Phi) is 2.60. The maximum Gasteiger partial charge on any atom is 0.117 e. The summed E-state index contributed by atoms with van der Waals surface area (Å²) in [5.41, 5.74) is 7.43. The van der Waals surface area contributed by atoms with Gasteiger partial charge < -0.3 is 10.8 Å². The molecule has 0 fully saturated rings. The molecule has 0 amide bonds. The van der Waals surface area contributed by atoms with Crippen molar-refractivity contribution in [3.05, 3.63) is 23.9 Å². The molecule has 0 unspecified atom stereocenters. The number of hydrogen-bond donors (Lipinski definition) is 2. The summed E-state index contributed by atoms with van der Waals surface area (Å²) in [6.07, 6.45) is 0.895. The molecule has 0 atom stereocenters. The monoisotopic (exact) mass is 205 g/mol. The lowest BCUT2D eigenvalue weighted by Crippen LogP contribution is -2.06. The summed E-state index contributed by atoms with van der Waals surface area (Å²) in [4.78, 5) is 0. The number of nitrogens with zero attached hydrogens (tertiary/aromatic N) is 2. The minimum absolute atomic E-state index is 0.274. The molecule has 4 nitrogen and oxygen atoms in total. The van der Waals surface area contributed by atoms with E-state index in [4.69, 9.17) is 5.73 Å². The van der Waals surface area contributed by atoms with E-state index < -0.39 is 0 Å². The van der Waals surface area contributed by atoms with Crippen LogP contribution in [-0.2, 0) is 6.54 Å². The second kappa shape index (κ2) is 3.90. The van der Waals surface area contributed by atoms with Crippen LogP contribution in [0.3, 0.4) is 0 Å². The molecule has 0 aliphatic carbocycles. The van der Waals surface area contributed by atoms with E-state index in [1.807, 2.05) is 17.7 Å². The molecule has 80 valence electrons. The number of phenolic OH excluding ortho intramolecular Hbond substituents is 1. The van der Waals surface area contributed by atoms with Gasteiger partial charge in [-0.25, -0.2) is 0 Å². The van der Waals surface area contributed by atoms with Crippen LogP contribution in [0.15, 0.2) is 18.2 Å². The van der Waals surface area contributed by atoms with Crippen molar-refractivity contribution in [2.75, 3.05) is 6.54 Å². The summed E-state index contributed by atoms with van der Waals surface area (Å²) in [6.45, 7) is 3.42. The highest BCUT2D eigenvalue weighted by molar-refractivity contribution is 5.83. The minimum Gasteiger partial charge on any atom is -0.508 e. The van der Waals surface area contributed by atoms with E-state index >= 15 is 0 Å². The average molecular weight is 205 g/mol. The Morgan fingerprint density at radius 1 is 1.47 bits per heavy atom. The Hall–Kier alpha value is -1.55. The van der Waals surface area contributed by atoms with Gasteiger partial charge in [-0.2, -0.15) is 5.10 Å². The van der Waals surface area contributed by atoms with E-state index in [9.17, 15) is 5.11 Å². The van der Waals surface area contributed by atoms with E-state index in [1.165, 1.54) is 0 Å². The van der Waals surface area contributed by atoms with Gasteiger partial charge in [0.2, 0.25) is 0 Å². The third-order valence-corrected chi connectivity index (χ3v) is 2.49. The summed E-state index contributed by atoms with van der Waals surface area (Å²) in [6, 6.07) is 5.32. The van der Waals surface area contributed by atoms with Crippen molar-refractivity contribution in [1.82, 2.24) is 9.78 Å². The maximum atomic E-state index is 9.42. The molecule has 1 heterocycles. The van der Waals surface area contributed by atoms with Gasteiger partial charge in [0, 0.05) is 18.0 Å². The number of rotatable bonds is 3. The van der Waals surface area contributed by atoms with Crippen LogP contribution in [0.25, 0.3) is 10.9 Å². The van der Waals surface area contributed by atoms with Crippen molar-refractivity contribution in [2.45, 2.75) is 19.9 Å². The van der Waals surface area contributed by atoms with Crippen molar-refractivity contribution in [1.29, 1.82) is 0 Å². The summed E-state index contributed by atoms with van der Waals surface area (Å²) in [5, 5.41) is 14.9. The first-order chi connectivity index (χ1) is 7.22. The number of phenols is 1. The molecule has 3 N–H and O–H groups in total. The van der Waals surface area contributed by atoms with Crippen LogP contribution < -0.4 is 5.73 Å². The lowest BCUT2D eigenvalue weighted by Gasteiger charge is -2.01. The van der Waals surface area contributed by atoms with Gasteiger partial charge in [0.05, 0.1) is 11.2 Å². The number of aromatic hydroxyl groups is 1. The Bertz CT molecular complexity index is 476. The van der Waals surface area contributed by atoms with Crippen LogP contribution in [0.1, 0.15) is 12.1 Å². The number of nitrogens with two attached hydrogens (primary N) is 1. The fourth-order valence-electron chi connectivity index (χ4n) is 1.74. The molecule has 2 rings (SSSR count). The van der Waals surface area contributed by atoms with Gasteiger partial charge in [0.25, 0.3) is 0 Å². The molecule has 0 saturated carbocycles.